The Bertz CT molecular complexity index is 1120. The Kier molecular flexibility index (Phi) is 9.31. The lowest BCUT2D eigenvalue weighted by Crippen LogP contribution is -2.37. The minimum Gasteiger partial charge on any atom is -0.496 e. The number of amides is 1. The van der Waals surface area contributed by atoms with Crippen LogP contribution in [-0.2, 0) is 24.2 Å². The van der Waals surface area contributed by atoms with E-state index in [1.54, 1.807) is 7.11 Å². The standard InChI is InChI=1S/C32H44N2O3/c1-6-7-32(35)33-28-14-15-34(20-28)19-26-11-10-25-18-29(12-13-30(25)23(26)4)37-21-27-9-8-24(16-22(2)3)17-31(27)36-5/h8-9,12-13,17-18,22,28H,6-7,10-11,14-16,19-21H2,1-5H3,(H,33,35). The number of hydrogen-bond acceptors (Lipinski definition) is 4. The van der Waals surface area contributed by atoms with Crippen LogP contribution in [0.4, 0.5) is 0 Å². The molecule has 5 nitrogen and oxygen atoms in total. The summed E-state index contributed by atoms with van der Waals surface area (Å²) in [5, 5.41) is 3.20. The summed E-state index contributed by atoms with van der Waals surface area (Å²) >= 11 is 0. The van der Waals surface area contributed by atoms with Gasteiger partial charge in [-0.2, -0.15) is 0 Å². The summed E-state index contributed by atoms with van der Waals surface area (Å²) in [5.74, 6) is 2.61. The number of likely N-dealkylation sites (tertiary alicyclic amines) is 1. The van der Waals surface area contributed by atoms with Crippen molar-refractivity contribution in [3.05, 3.63) is 64.2 Å². The Morgan fingerprint density at radius 1 is 1.16 bits per heavy atom. The van der Waals surface area contributed by atoms with Crippen molar-refractivity contribution in [2.75, 3.05) is 26.7 Å². The summed E-state index contributed by atoms with van der Waals surface area (Å²) < 4.78 is 11.9. The van der Waals surface area contributed by atoms with Gasteiger partial charge in [-0.05, 0) is 85.4 Å². The zero-order valence-corrected chi connectivity index (χ0v) is 23.4. The molecule has 1 heterocycles. The van der Waals surface area contributed by atoms with Crippen molar-refractivity contribution in [3.8, 4) is 11.5 Å². The van der Waals surface area contributed by atoms with Crippen LogP contribution in [0.15, 0.2) is 42.0 Å². The lowest BCUT2D eigenvalue weighted by molar-refractivity contribution is -0.121. The maximum atomic E-state index is 12.0. The van der Waals surface area contributed by atoms with E-state index in [0.717, 1.165) is 68.8 Å². The number of allylic oxidation sites excluding steroid dienone is 1. The molecule has 2 aliphatic rings. The van der Waals surface area contributed by atoms with Crippen LogP contribution in [0.2, 0.25) is 0 Å². The fraction of sp³-hybridized carbons (Fsp3) is 0.531. The van der Waals surface area contributed by atoms with Gasteiger partial charge in [0.05, 0.1) is 7.11 Å². The van der Waals surface area contributed by atoms with Crippen molar-refractivity contribution >= 4 is 11.5 Å². The van der Waals surface area contributed by atoms with Gasteiger partial charge in [-0.3, -0.25) is 9.69 Å². The fourth-order valence-electron chi connectivity index (χ4n) is 5.65. The maximum Gasteiger partial charge on any atom is 0.220 e. The van der Waals surface area contributed by atoms with Crippen molar-refractivity contribution in [1.82, 2.24) is 10.2 Å². The van der Waals surface area contributed by atoms with Crippen LogP contribution in [0.3, 0.4) is 0 Å². The molecule has 1 unspecified atom stereocenters. The summed E-state index contributed by atoms with van der Waals surface area (Å²) in [6.07, 6.45) is 5.74. The summed E-state index contributed by atoms with van der Waals surface area (Å²) in [4.78, 5) is 14.5. The van der Waals surface area contributed by atoms with Crippen molar-refractivity contribution < 1.29 is 14.3 Å². The van der Waals surface area contributed by atoms with Crippen molar-refractivity contribution in [1.29, 1.82) is 0 Å². The third kappa shape index (κ3) is 7.16. The van der Waals surface area contributed by atoms with Gasteiger partial charge in [-0.15, -0.1) is 0 Å². The Balaban J connectivity index is 1.36. The first-order valence-corrected chi connectivity index (χ1v) is 14.0. The quantitative estimate of drug-likeness (QED) is 0.397. The highest BCUT2D eigenvalue weighted by Crippen LogP contribution is 2.34. The monoisotopic (exact) mass is 504 g/mol. The van der Waals surface area contributed by atoms with E-state index in [-0.39, 0.29) is 5.91 Å². The van der Waals surface area contributed by atoms with Gasteiger partial charge in [0, 0.05) is 37.7 Å². The molecule has 1 N–H and O–H groups in total. The molecule has 0 spiro atoms. The Hall–Kier alpha value is -2.79. The number of benzene rings is 2. The molecule has 1 aliphatic heterocycles. The highest BCUT2D eigenvalue weighted by molar-refractivity contribution is 5.76. The van der Waals surface area contributed by atoms with Crippen molar-refractivity contribution in [2.45, 2.75) is 78.9 Å². The van der Waals surface area contributed by atoms with E-state index in [1.165, 1.54) is 27.8 Å². The topological polar surface area (TPSA) is 50.8 Å². The van der Waals surface area contributed by atoms with E-state index in [2.05, 4.69) is 74.3 Å². The largest absolute Gasteiger partial charge is 0.496 e. The average Bonchev–Trinajstić information content (AvgIpc) is 3.31. The number of nitrogens with one attached hydrogen (secondary N) is 1. The maximum absolute atomic E-state index is 12.0. The van der Waals surface area contributed by atoms with Crippen LogP contribution in [0.25, 0.3) is 5.57 Å². The fourth-order valence-corrected chi connectivity index (χ4v) is 5.65. The molecule has 5 heteroatoms. The molecule has 4 rings (SSSR count). The van der Waals surface area contributed by atoms with E-state index in [4.69, 9.17) is 9.47 Å². The van der Waals surface area contributed by atoms with Gasteiger partial charge in [-0.25, -0.2) is 0 Å². The SMILES string of the molecule is CCCC(=O)NC1CCN(CC2=C(C)c3ccc(OCc4ccc(CC(C)C)cc4OC)cc3CC2)C1. The predicted octanol–water partition coefficient (Wildman–Crippen LogP) is 6.18. The molecule has 2 aromatic rings. The second kappa shape index (κ2) is 12.6. The minimum atomic E-state index is 0.191. The molecule has 200 valence electrons. The number of methoxy groups -OCH3 is 1. The first-order valence-electron chi connectivity index (χ1n) is 14.0. The van der Waals surface area contributed by atoms with E-state index >= 15 is 0 Å². The van der Waals surface area contributed by atoms with Crippen molar-refractivity contribution in [3.63, 3.8) is 0 Å². The second-order valence-electron chi connectivity index (χ2n) is 11.1. The second-order valence-corrected chi connectivity index (χ2v) is 11.1. The number of rotatable bonds is 11. The van der Waals surface area contributed by atoms with Gasteiger partial charge in [0.15, 0.2) is 0 Å². The summed E-state index contributed by atoms with van der Waals surface area (Å²) in [7, 11) is 1.73. The molecule has 1 saturated heterocycles. The normalized spacial score (nSPS) is 17.7. The molecular formula is C32H44N2O3. The molecule has 0 saturated carbocycles. The number of aryl methyl sites for hydroxylation is 1. The molecule has 1 atom stereocenters. The predicted molar refractivity (Wildman–Crippen MR) is 151 cm³/mol. The van der Waals surface area contributed by atoms with Gasteiger partial charge >= 0.3 is 0 Å². The zero-order valence-electron chi connectivity index (χ0n) is 23.4. The molecule has 1 amide bonds. The molecule has 0 aromatic heterocycles. The lowest BCUT2D eigenvalue weighted by atomic mass is 9.86. The van der Waals surface area contributed by atoms with E-state index < -0.39 is 0 Å². The van der Waals surface area contributed by atoms with Gasteiger partial charge in [0.2, 0.25) is 5.91 Å². The number of fused-ring (bicyclic) bond motifs is 1. The Labute approximate surface area is 223 Å². The smallest absolute Gasteiger partial charge is 0.220 e. The number of carbonyl (C=O) groups excluding carboxylic acids is 1. The van der Waals surface area contributed by atoms with Crippen molar-refractivity contribution in [2.24, 2.45) is 5.92 Å². The van der Waals surface area contributed by atoms with E-state index in [9.17, 15) is 4.79 Å². The molecule has 1 aliphatic carbocycles. The minimum absolute atomic E-state index is 0.191. The number of ether oxygens (including phenoxy) is 2. The highest BCUT2D eigenvalue weighted by Gasteiger charge is 2.26. The Morgan fingerprint density at radius 3 is 2.76 bits per heavy atom. The van der Waals surface area contributed by atoms with Gasteiger partial charge in [0.25, 0.3) is 0 Å². The van der Waals surface area contributed by atoms with E-state index in [0.29, 0.717) is 25.0 Å². The lowest BCUT2D eigenvalue weighted by Gasteiger charge is -2.26. The van der Waals surface area contributed by atoms with Gasteiger partial charge < -0.3 is 14.8 Å². The number of nitrogens with zero attached hydrogens (tertiary/aromatic N) is 1. The van der Waals surface area contributed by atoms with Crippen LogP contribution < -0.4 is 14.8 Å². The molecule has 0 bridgehead atoms. The first kappa shape index (κ1) is 27.3. The van der Waals surface area contributed by atoms with E-state index in [1.807, 2.05) is 0 Å². The zero-order chi connectivity index (χ0) is 26.4. The molecule has 0 radical (unpaired) electrons. The summed E-state index contributed by atoms with van der Waals surface area (Å²) in [5.41, 5.74) is 8.00. The van der Waals surface area contributed by atoms with Crippen LogP contribution in [0.1, 0.15) is 75.6 Å². The van der Waals surface area contributed by atoms with Crippen LogP contribution >= 0.6 is 0 Å². The van der Waals surface area contributed by atoms with Crippen LogP contribution in [-0.4, -0.2) is 43.6 Å². The van der Waals surface area contributed by atoms with Gasteiger partial charge in [-0.1, -0.05) is 44.5 Å². The Morgan fingerprint density at radius 2 is 2.00 bits per heavy atom. The first-order chi connectivity index (χ1) is 17.9. The third-order valence-corrected chi connectivity index (χ3v) is 7.63. The average molecular weight is 505 g/mol. The molecule has 1 fully saturated rings. The summed E-state index contributed by atoms with van der Waals surface area (Å²) in [6.45, 7) is 12.3. The molecule has 37 heavy (non-hydrogen) atoms. The van der Waals surface area contributed by atoms with Crippen LogP contribution in [0, 0.1) is 5.92 Å². The third-order valence-electron chi connectivity index (χ3n) is 7.63. The van der Waals surface area contributed by atoms with Crippen LogP contribution in [0.5, 0.6) is 11.5 Å². The summed E-state index contributed by atoms with van der Waals surface area (Å²) in [6, 6.07) is 13.3. The molecule has 2 aromatic carbocycles. The van der Waals surface area contributed by atoms with Gasteiger partial charge in [0.1, 0.15) is 18.1 Å². The number of hydrogen-bond donors (Lipinski definition) is 1. The highest BCUT2D eigenvalue weighted by atomic mass is 16.5. The number of carbonyl (C=O) groups is 1. The molecular weight excluding hydrogens is 460 g/mol.